The molecule has 0 amide bonds. The molecule has 2 heterocycles. The Kier molecular flexibility index (Phi) is 3.94. The van der Waals surface area contributed by atoms with Crippen LogP contribution in [-0.2, 0) is 0 Å². The van der Waals surface area contributed by atoms with E-state index in [4.69, 9.17) is 4.42 Å². The summed E-state index contributed by atoms with van der Waals surface area (Å²) < 4.78 is 18.5. The van der Waals surface area contributed by atoms with Gasteiger partial charge in [-0.05, 0) is 31.2 Å². The monoisotopic (exact) mass is 250 g/mol. The smallest absolute Gasteiger partial charge is 0.165 e. The molecule has 0 aromatic carbocycles. The maximum atomic E-state index is 13.4. The molecule has 0 fully saturated rings. The summed E-state index contributed by atoms with van der Waals surface area (Å²) in [5.74, 6) is 0.290. The highest BCUT2D eigenvalue weighted by Gasteiger charge is 2.15. The van der Waals surface area contributed by atoms with Crippen molar-refractivity contribution >= 4 is 5.82 Å². The van der Waals surface area contributed by atoms with E-state index in [0.717, 1.165) is 0 Å². The van der Waals surface area contributed by atoms with E-state index in [1.807, 2.05) is 6.92 Å². The van der Waals surface area contributed by atoms with Crippen LogP contribution in [0.5, 0.6) is 0 Å². The molecule has 0 spiro atoms. The minimum atomic E-state index is -0.714. The van der Waals surface area contributed by atoms with Crippen LogP contribution >= 0.6 is 0 Å². The number of rotatable bonds is 5. The molecule has 2 aromatic heterocycles. The summed E-state index contributed by atoms with van der Waals surface area (Å²) in [5.41, 5.74) is 0. The topological polar surface area (TPSA) is 58.3 Å². The third kappa shape index (κ3) is 3.07. The zero-order valence-electron chi connectivity index (χ0n) is 10.0. The lowest BCUT2D eigenvalue weighted by atomic mass is 10.1. The van der Waals surface area contributed by atoms with E-state index in [-0.39, 0.29) is 11.9 Å². The summed E-state index contributed by atoms with van der Waals surface area (Å²) in [7, 11) is 0. The molecule has 18 heavy (non-hydrogen) atoms. The predicted molar refractivity (Wildman–Crippen MR) is 65.6 cm³/mol. The Morgan fingerprint density at radius 2 is 2.28 bits per heavy atom. The number of pyridine rings is 1. The summed E-state index contributed by atoms with van der Waals surface area (Å²) in [6.07, 6.45) is 2.72. The Balaban J connectivity index is 1.93. The van der Waals surface area contributed by atoms with Crippen molar-refractivity contribution in [2.75, 3.05) is 5.32 Å². The molecule has 0 saturated carbocycles. The maximum absolute atomic E-state index is 13.4. The van der Waals surface area contributed by atoms with Gasteiger partial charge in [-0.3, -0.25) is 0 Å². The third-order valence-electron chi connectivity index (χ3n) is 2.59. The number of hydrogen-bond donors (Lipinski definition) is 2. The first kappa shape index (κ1) is 12.6. The van der Waals surface area contributed by atoms with Crippen LogP contribution in [0.4, 0.5) is 10.2 Å². The fourth-order valence-corrected chi connectivity index (χ4v) is 1.72. The van der Waals surface area contributed by atoms with Crippen molar-refractivity contribution in [1.29, 1.82) is 0 Å². The molecule has 2 rings (SSSR count). The standard InChI is InChI=1S/C13H15FN2O2/c1-9(8-11(17)12-5-3-7-18-12)16-13-10(14)4-2-6-15-13/h2-7,9,11,17H,8H2,1H3,(H,15,16). The lowest BCUT2D eigenvalue weighted by molar-refractivity contribution is 0.136. The molecule has 0 saturated heterocycles. The SMILES string of the molecule is CC(CC(O)c1ccco1)Nc1ncccc1F. The first-order valence-corrected chi connectivity index (χ1v) is 5.75. The van der Waals surface area contributed by atoms with E-state index in [0.29, 0.717) is 12.2 Å². The number of aliphatic hydroxyl groups excluding tert-OH is 1. The number of nitrogens with zero attached hydrogens (tertiary/aromatic N) is 1. The van der Waals surface area contributed by atoms with Crippen molar-refractivity contribution in [3.63, 3.8) is 0 Å². The van der Waals surface area contributed by atoms with Crippen molar-refractivity contribution in [3.05, 3.63) is 48.3 Å². The second kappa shape index (κ2) is 5.64. The van der Waals surface area contributed by atoms with Gasteiger partial charge in [0.15, 0.2) is 11.6 Å². The van der Waals surface area contributed by atoms with Crippen LogP contribution in [0, 0.1) is 5.82 Å². The van der Waals surface area contributed by atoms with Crippen molar-refractivity contribution in [2.45, 2.75) is 25.5 Å². The third-order valence-corrected chi connectivity index (χ3v) is 2.59. The van der Waals surface area contributed by atoms with Gasteiger partial charge >= 0.3 is 0 Å². The fraction of sp³-hybridized carbons (Fsp3) is 0.308. The van der Waals surface area contributed by atoms with E-state index in [9.17, 15) is 9.50 Å². The highest BCUT2D eigenvalue weighted by molar-refractivity contribution is 5.36. The molecule has 0 aliphatic rings. The molecule has 0 aliphatic carbocycles. The van der Waals surface area contributed by atoms with Gasteiger partial charge in [0.25, 0.3) is 0 Å². The zero-order valence-corrected chi connectivity index (χ0v) is 10.0. The number of aliphatic hydroxyl groups is 1. The molecule has 2 N–H and O–H groups in total. The van der Waals surface area contributed by atoms with Gasteiger partial charge in [0.05, 0.1) is 6.26 Å². The molecule has 5 heteroatoms. The van der Waals surface area contributed by atoms with Gasteiger partial charge in [-0.2, -0.15) is 0 Å². The molecule has 2 aromatic rings. The molecule has 0 bridgehead atoms. The Morgan fingerprint density at radius 1 is 1.44 bits per heavy atom. The summed E-state index contributed by atoms with van der Waals surface area (Å²) in [6, 6.07) is 6.16. The first-order valence-electron chi connectivity index (χ1n) is 5.75. The Bertz CT molecular complexity index is 487. The van der Waals surface area contributed by atoms with Crippen LogP contribution in [0.1, 0.15) is 25.2 Å². The minimum absolute atomic E-state index is 0.130. The molecule has 2 atom stereocenters. The van der Waals surface area contributed by atoms with Crippen molar-refractivity contribution in [3.8, 4) is 0 Å². The minimum Gasteiger partial charge on any atom is -0.467 e. The van der Waals surface area contributed by atoms with Gasteiger partial charge in [0, 0.05) is 18.7 Å². The Labute approximate surface area is 104 Å². The molecule has 0 radical (unpaired) electrons. The molecular formula is C13H15FN2O2. The predicted octanol–water partition coefficient (Wildman–Crippen LogP) is 2.74. The van der Waals surface area contributed by atoms with Gasteiger partial charge in [-0.1, -0.05) is 0 Å². The highest BCUT2D eigenvalue weighted by Crippen LogP contribution is 2.20. The first-order chi connectivity index (χ1) is 8.66. The largest absolute Gasteiger partial charge is 0.467 e. The van der Waals surface area contributed by atoms with E-state index in [2.05, 4.69) is 10.3 Å². The average Bonchev–Trinajstić information content (AvgIpc) is 2.85. The van der Waals surface area contributed by atoms with E-state index in [1.165, 1.54) is 24.6 Å². The number of furan rings is 1. The lowest BCUT2D eigenvalue weighted by Crippen LogP contribution is -2.20. The molecule has 4 nitrogen and oxygen atoms in total. The van der Waals surface area contributed by atoms with Crippen LogP contribution in [0.2, 0.25) is 0 Å². The molecular weight excluding hydrogens is 235 g/mol. The van der Waals surface area contributed by atoms with Crippen LogP contribution in [0.15, 0.2) is 41.1 Å². The second-order valence-electron chi connectivity index (χ2n) is 4.15. The summed E-state index contributed by atoms with van der Waals surface area (Å²) in [5, 5.41) is 12.8. The molecule has 0 aliphatic heterocycles. The van der Waals surface area contributed by atoms with Crippen LogP contribution in [0.25, 0.3) is 0 Å². The van der Waals surface area contributed by atoms with Crippen molar-refractivity contribution < 1.29 is 13.9 Å². The van der Waals surface area contributed by atoms with Gasteiger partial charge in [-0.25, -0.2) is 9.37 Å². The summed E-state index contributed by atoms with van der Waals surface area (Å²) >= 11 is 0. The normalized spacial score (nSPS) is 14.2. The lowest BCUT2D eigenvalue weighted by Gasteiger charge is -2.17. The van der Waals surface area contributed by atoms with Crippen LogP contribution < -0.4 is 5.32 Å². The Hall–Kier alpha value is -1.88. The van der Waals surface area contributed by atoms with Crippen LogP contribution in [0.3, 0.4) is 0 Å². The Morgan fingerprint density at radius 3 is 2.94 bits per heavy atom. The number of hydrogen-bond acceptors (Lipinski definition) is 4. The van der Waals surface area contributed by atoms with Crippen LogP contribution in [-0.4, -0.2) is 16.1 Å². The maximum Gasteiger partial charge on any atom is 0.165 e. The average molecular weight is 250 g/mol. The number of nitrogens with one attached hydrogen (secondary N) is 1. The van der Waals surface area contributed by atoms with E-state index < -0.39 is 11.9 Å². The summed E-state index contributed by atoms with van der Waals surface area (Å²) in [4.78, 5) is 3.90. The molecule has 2 unspecified atom stereocenters. The van der Waals surface area contributed by atoms with Crippen molar-refractivity contribution in [2.24, 2.45) is 0 Å². The second-order valence-corrected chi connectivity index (χ2v) is 4.15. The summed E-state index contributed by atoms with van der Waals surface area (Å²) in [6.45, 7) is 1.85. The quantitative estimate of drug-likeness (QED) is 0.856. The number of anilines is 1. The van der Waals surface area contributed by atoms with Gasteiger partial charge < -0.3 is 14.8 Å². The van der Waals surface area contributed by atoms with Gasteiger partial charge in [0.1, 0.15) is 11.9 Å². The van der Waals surface area contributed by atoms with Crippen molar-refractivity contribution in [1.82, 2.24) is 4.98 Å². The fourth-order valence-electron chi connectivity index (χ4n) is 1.72. The zero-order chi connectivity index (χ0) is 13.0. The van der Waals surface area contributed by atoms with Gasteiger partial charge in [-0.15, -0.1) is 0 Å². The highest BCUT2D eigenvalue weighted by atomic mass is 19.1. The van der Waals surface area contributed by atoms with E-state index >= 15 is 0 Å². The van der Waals surface area contributed by atoms with Gasteiger partial charge in [0.2, 0.25) is 0 Å². The van der Waals surface area contributed by atoms with E-state index in [1.54, 1.807) is 12.1 Å². The number of aromatic nitrogens is 1. The number of halogens is 1. The molecule has 96 valence electrons.